The number of rotatable bonds is 14. The van der Waals surface area contributed by atoms with Crippen molar-refractivity contribution in [2.75, 3.05) is 17.5 Å². The molecule has 1 aromatic carbocycles. The van der Waals surface area contributed by atoms with Gasteiger partial charge >= 0.3 is 0 Å². The summed E-state index contributed by atoms with van der Waals surface area (Å²) in [5.74, 6) is 0. The summed E-state index contributed by atoms with van der Waals surface area (Å²) < 4.78 is 24.9. The van der Waals surface area contributed by atoms with E-state index in [2.05, 4.69) is 23.9 Å². The second-order valence-electron chi connectivity index (χ2n) is 6.94. The van der Waals surface area contributed by atoms with Gasteiger partial charge in [-0.15, -0.1) is 12.4 Å². The molecular weight excluding hydrogens is 368 g/mol. The van der Waals surface area contributed by atoms with Crippen LogP contribution in [0, 0.1) is 0 Å². The smallest absolute Gasteiger partial charge is 0.229 e. The highest BCUT2D eigenvalue weighted by Crippen LogP contribution is 2.13. The number of aryl methyl sites for hydroxylation is 1. The van der Waals surface area contributed by atoms with Gasteiger partial charge in [0.15, 0.2) is 0 Å². The zero-order chi connectivity index (χ0) is 18.5. The van der Waals surface area contributed by atoms with Crippen LogP contribution in [0.15, 0.2) is 24.3 Å². The van der Waals surface area contributed by atoms with E-state index < -0.39 is 10.0 Å². The number of hydrogen-bond donors (Lipinski definition) is 2. The van der Waals surface area contributed by atoms with Crippen LogP contribution in [0.5, 0.6) is 0 Å². The molecule has 0 aromatic heterocycles. The number of halogens is 1. The van der Waals surface area contributed by atoms with E-state index in [9.17, 15) is 8.42 Å². The molecular formula is C20H37ClN2O2S. The van der Waals surface area contributed by atoms with Gasteiger partial charge in [-0.1, -0.05) is 51.7 Å². The maximum absolute atomic E-state index is 11.2. The van der Waals surface area contributed by atoms with Crippen molar-refractivity contribution in [3.8, 4) is 0 Å². The Morgan fingerprint density at radius 1 is 0.962 bits per heavy atom. The minimum Gasteiger partial charge on any atom is -0.314 e. The first-order valence-corrected chi connectivity index (χ1v) is 11.6. The summed E-state index contributed by atoms with van der Waals surface area (Å²) in [6, 6.07) is 8.33. The zero-order valence-electron chi connectivity index (χ0n) is 16.6. The summed E-state index contributed by atoms with van der Waals surface area (Å²) in [6.45, 7) is 5.61. The monoisotopic (exact) mass is 404 g/mol. The third-order valence-electron chi connectivity index (χ3n) is 4.48. The molecule has 0 saturated heterocycles. The fourth-order valence-corrected chi connectivity index (χ4v) is 3.55. The van der Waals surface area contributed by atoms with Crippen LogP contribution < -0.4 is 10.0 Å². The van der Waals surface area contributed by atoms with Crippen LogP contribution in [0.3, 0.4) is 0 Å². The number of anilines is 1. The van der Waals surface area contributed by atoms with E-state index in [1.807, 2.05) is 24.3 Å². The molecule has 0 bridgehead atoms. The lowest BCUT2D eigenvalue weighted by Crippen LogP contribution is -2.29. The molecule has 0 aliphatic carbocycles. The highest BCUT2D eigenvalue weighted by Gasteiger charge is 2.05. The molecule has 1 unspecified atom stereocenters. The van der Waals surface area contributed by atoms with Crippen molar-refractivity contribution in [3.05, 3.63) is 29.8 Å². The lowest BCUT2D eigenvalue weighted by atomic mass is 10.0. The highest BCUT2D eigenvalue weighted by atomic mass is 35.5. The van der Waals surface area contributed by atoms with Crippen molar-refractivity contribution in [2.45, 2.75) is 77.7 Å². The zero-order valence-corrected chi connectivity index (χ0v) is 18.2. The second kappa shape index (κ2) is 14.3. The van der Waals surface area contributed by atoms with Gasteiger partial charge in [-0.05, 0) is 56.3 Å². The van der Waals surface area contributed by atoms with Gasteiger partial charge in [0.1, 0.15) is 0 Å². The first-order chi connectivity index (χ1) is 11.9. The summed E-state index contributed by atoms with van der Waals surface area (Å²) in [4.78, 5) is 0. The predicted octanol–water partition coefficient (Wildman–Crippen LogP) is 5.14. The predicted molar refractivity (Wildman–Crippen MR) is 116 cm³/mol. The standard InChI is InChI=1S/C20H36N2O2S.ClH/c1-4-6-7-8-12-19(5-2)21-17-10-9-11-18-13-15-20(16-14-18)22-25(3,23)24;/h13-16,19,21-22H,4-12,17H2,1-3H3;1H. The lowest BCUT2D eigenvalue weighted by Gasteiger charge is -2.16. The molecule has 0 aliphatic heterocycles. The lowest BCUT2D eigenvalue weighted by molar-refractivity contribution is 0.438. The first kappa shape index (κ1) is 25.2. The molecule has 0 fully saturated rings. The van der Waals surface area contributed by atoms with Crippen molar-refractivity contribution in [2.24, 2.45) is 0 Å². The van der Waals surface area contributed by atoms with Crippen LogP contribution in [0.4, 0.5) is 5.69 Å². The van der Waals surface area contributed by atoms with Gasteiger partial charge in [-0.2, -0.15) is 0 Å². The Morgan fingerprint density at radius 2 is 1.65 bits per heavy atom. The molecule has 6 heteroatoms. The fraction of sp³-hybridized carbons (Fsp3) is 0.700. The molecule has 4 nitrogen and oxygen atoms in total. The number of hydrogen-bond acceptors (Lipinski definition) is 3. The third-order valence-corrected chi connectivity index (χ3v) is 5.09. The average molecular weight is 405 g/mol. The van der Waals surface area contributed by atoms with Gasteiger partial charge in [0.05, 0.1) is 6.26 Å². The Hall–Kier alpha value is -0.780. The normalized spacial score (nSPS) is 12.4. The third kappa shape index (κ3) is 12.6. The molecule has 0 spiro atoms. The van der Waals surface area contributed by atoms with Crippen LogP contribution >= 0.6 is 12.4 Å². The molecule has 26 heavy (non-hydrogen) atoms. The van der Waals surface area contributed by atoms with Gasteiger partial charge in [-0.25, -0.2) is 8.42 Å². The molecule has 1 aromatic rings. The van der Waals surface area contributed by atoms with Crippen LogP contribution in [0.1, 0.15) is 70.8 Å². The Morgan fingerprint density at radius 3 is 2.23 bits per heavy atom. The molecule has 0 radical (unpaired) electrons. The SMILES string of the molecule is CCCCCCC(CC)NCCCCc1ccc(NS(C)(=O)=O)cc1.Cl. The Balaban J connectivity index is 0.00000625. The van der Waals surface area contributed by atoms with E-state index in [1.54, 1.807) is 0 Å². The maximum atomic E-state index is 11.2. The average Bonchev–Trinajstić information content (AvgIpc) is 2.56. The van der Waals surface area contributed by atoms with Gasteiger partial charge in [0, 0.05) is 11.7 Å². The topological polar surface area (TPSA) is 58.2 Å². The van der Waals surface area contributed by atoms with Crippen LogP contribution in [-0.2, 0) is 16.4 Å². The van der Waals surface area contributed by atoms with Crippen molar-refractivity contribution < 1.29 is 8.42 Å². The maximum Gasteiger partial charge on any atom is 0.229 e. The second-order valence-corrected chi connectivity index (χ2v) is 8.69. The molecule has 1 atom stereocenters. The van der Waals surface area contributed by atoms with Crippen LogP contribution in [0.2, 0.25) is 0 Å². The number of sulfonamides is 1. The summed E-state index contributed by atoms with van der Waals surface area (Å²) in [6.07, 6.45) is 12.4. The van der Waals surface area contributed by atoms with E-state index in [0.717, 1.165) is 19.4 Å². The van der Waals surface area contributed by atoms with Crippen molar-refractivity contribution in [1.29, 1.82) is 0 Å². The van der Waals surface area contributed by atoms with E-state index >= 15 is 0 Å². The largest absolute Gasteiger partial charge is 0.314 e. The minimum absolute atomic E-state index is 0. The van der Waals surface area contributed by atoms with Crippen molar-refractivity contribution in [3.63, 3.8) is 0 Å². The summed E-state index contributed by atoms with van der Waals surface area (Å²) in [7, 11) is -3.19. The van der Waals surface area contributed by atoms with E-state index in [1.165, 1.54) is 56.8 Å². The molecule has 152 valence electrons. The van der Waals surface area contributed by atoms with Gasteiger partial charge in [0.2, 0.25) is 10.0 Å². The van der Waals surface area contributed by atoms with E-state index in [4.69, 9.17) is 0 Å². The van der Waals surface area contributed by atoms with Gasteiger partial charge < -0.3 is 5.32 Å². The number of benzene rings is 1. The molecule has 2 N–H and O–H groups in total. The summed E-state index contributed by atoms with van der Waals surface area (Å²) >= 11 is 0. The number of unbranched alkanes of at least 4 members (excludes halogenated alkanes) is 4. The van der Waals surface area contributed by atoms with Gasteiger partial charge in [-0.3, -0.25) is 4.72 Å². The summed E-state index contributed by atoms with van der Waals surface area (Å²) in [5, 5.41) is 3.69. The van der Waals surface area contributed by atoms with Crippen molar-refractivity contribution in [1.82, 2.24) is 5.32 Å². The van der Waals surface area contributed by atoms with Gasteiger partial charge in [0.25, 0.3) is 0 Å². The Kier molecular flexibility index (Phi) is 13.9. The van der Waals surface area contributed by atoms with E-state index in [-0.39, 0.29) is 12.4 Å². The molecule has 0 aliphatic rings. The summed E-state index contributed by atoms with van der Waals surface area (Å²) in [5.41, 5.74) is 1.88. The highest BCUT2D eigenvalue weighted by molar-refractivity contribution is 7.92. The first-order valence-electron chi connectivity index (χ1n) is 9.74. The number of nitrogens with one attached hydrogen (secondary N) is 2. The molecule has 0 saturated carbocycles. The Labute approximate surface area is 167 Å². The van der Waals surface area contributed by atoms with Crippen LogP contribution in [0.25, 0.3) is 0 Å². The minimum atomic E-state index is -3.19. The Bertz CT molecular complexity index is 562. The van der Waals surface area contributed by atoms with Crippen LogP contribution in [-0.4, -0.2) is 27.3 Å². The quantitative estimate of drug-likeness (QED) is 0.422. The molecule has 1 rings (SSSR count). The fourth-order valence-electron chi connectivity index (χ4n) is 2.98. The van der Waals surface area contributed by atoms with Crippen molar-refractivity contribution >= 4 is 28.1 Å². The molecule has 0 amide bonds. The molecule has 0 heterocycles. The van der Waals surface area contributed by atoms with E-state index in [0.29, 0.717) is 11.7 Å².